The molecule has 1 aromatic carbocycles. The molecule has 1 heterocycles. The molecule has 30 heavy (non-hydrogen) atoms. The summed E-state index contributed by atoms with van der Waals surface area (Å²) in [5, 5.41) is 10.5. The average Bonchev–Trinajstić information content (AvgIpc) is 2.66. The highest BCUT2D eigenvalue weighted by atomic mass is 35.5. The van der Waals surface area contributed by atoms with Crippen LogP contribution in [0, 0.1) is 12.7 Å². The van der Waals surface area contributed by atoms with E-state index in [0.29, 0.717) is 22.9 Å². The Morgan fingerprint density at radius 3 is 2.43 bits per heavy atom. The van der Waals surface area contributed by atoms with E-state index in [1.165, 1.54) is 12.1 Å². The molecule has 0 radical (unpaired) electrons. The van der Waals surface area contributed by atoms with Crippen molar-refractivity contribution in [3.05, 3.63) is 40.9 Å². The molecule has 6 nitrogen and oxygen atoms in total. The van der Waals surface area contributed by atoms with Gasteiger partial charge in [0.05, 0.1) is 5.02 Å². The number of thiocarbonyl (C=S) groups is 1. The second kappa shape index (κ2) is 10.9. The van der Waals surface area contributed by atoms with Gasteiger partial charge in [0, 0.05) is 37.9 Å². The summed E-state index contributed by atoms with van der Waals surface area (Å²) in [6, 6.07) is 7.10. The number of rotatable bonds is 5. The number of anilines is 3. The SMILES string of the molecule is Cc1nc(NC2CCC(NC(=S)Nc3ccc(F)c(Cl)c3)CC2)cc(N(C)C)n1.Cl. The Balaban J connectivity index is 0.00000320. The lowest BCUT2D eigenvalue weighted by Gasteiger charge is -2.31. The number of nitrogens with zero attached hydrogens (tertiary/aromatic N) is 3. The van der Waals surface area contributed by atoms with Gasteiger partial charge in [0.25, 0.3) is 0 Å². The van der Waals surface area contributed by atoms with Crippen LogP contribution in [0.3, 0.4) is 0 Å². The van der Waals surface area contributed by atoms with Crippen molar-refractivity contribution < 1.29 is 4.39 Å². The van der Waals surface area contributed by atoms with Gasteiger partial charge < -0.3 is 20.9 Å². The Hall–Kier alpha value is -1.90. The van der Waals surface area contributed by atoms with Crippen molar-refractivity contribution in [1.29, 1.82) is 0 Å². The molecule has 0 amide bonds. The fraction of sp³-hybridized carbons (Fsp3) is 0.450. The van der Waals surface area contributed by atoms with E-state index in [4.69, 9.17) is 23.8 Å². The van der Waals surface area contributed by atoms with Crippen LogP contribution in [0.4, 0.5) is 21.7 Å². The summed E-state index contributed by atoms with van der Waals surface area (Å²) in [5.74, 6) is 2.07. The van der Waals surface area contributed by atoms with Crippen LogP contribution in [0.25, 0.3) is 0 Å². The van der Waals surface area contributed by atoms with Crippen molar-refractivity contribution in [2.75, 3.05) is 29.6 Å². The summed E-state index contributed by atoms with van der Waals surface area (Å²) in [7, 11) is 3.94. The first-order chi connectivity index (χ1) is 13.8. The summed E-state index contributed by atoms with van der Waals surface area (Å²) >= 11 is 11.2. The zero-order valence-electron chi connectivity index (χ0n) is 17.2. The van der Waals surface area contributed by atoms with E-state index in [9.17, 15) is 4.39 Å². The predicted molar refractivity (Wildman–Crippen MR) is 129 cm³/mol. The highest BCUT2D eigenvalue weighted by molar-refractivity contribution is 7.80. The maximum Gasteiger partial charge on any atom is 0.170 e. The monoisotopic (exact) mass is 472 g/mol. The quantitative estimate of drug-likeness (QED) is 0.541. The fourth-order valence-electron chi connectivity index (χ4n) is 3.37. The van der Waals surface area contributed by atoms with Crippen LogP contribution in [0.2, 0.25) is 5.02 Å². The molecule has 3 rings (SSSR count). The van der Waals surface area contributed by atoms with E-state index < -0.39 is 5.82 Å². The number of hydrogen-bond donors (Lipinski definition) is 3. The summed E-state index contributed by atoms with van der Waals surface area (Å²) in [6.45, 7) is 1.90. The zero-order chi connectivity index (χ0) is 21.0. The molecule has 1 aliphatic rings. The van der Waals surface area contributed by atoms with Gasteiger partial charge in [0.2, 0.25) is 0 Å². The van der Waals surface area contributed by atoms with E-state index in [0.717, 1.165) is 43.1 Å². The first kappa shape index (κ1) is 24.4. The van der Waals surface area contributed by atoms with E-state index in [2.05, 4.69) is 25.9 Å². The third-order valence-electron chi connectivity index (χ3n) is 4.87. The minimum absolute atomic E-state index is 0. The largest absolute Gasteiger partial charge is 0.367 e. The zero-order valence-corrected chi connectivity index (χ0v) is 19.6. The number of benzene rings is 1. The van der Waals surface area contributed by atoms with Crippen LogP contribution in [-0.2, 0) is 0 Å². The molecule has 0 atom stereocenters. The van der Waals surface area contributed by atoms with E-state index in [-0.39, 0.29) is 17.4 Å². The molecule has 10 heteroatoms. The van der Waals surface area contributed by atoms with Gasteiger partial charge in [-0.3, -0.25) is 0 Å². The van der Waals surface area contributed by atoms with Gasteiger partial charge in [-0.25, -0.2) is 14.4 Å². The van der Waals surface area contributed by atoms with Crippen LogP contribution in [-0.4, -0.2) is 41.3 Å². The Morgan fingerprint density at radius 2 is 1.80 bits per heavy atom. The van der Waals surface area contributed by atoms with E-state index >= 15 is 0 Å². The van der Waals surface area contributed by atoms with Gasteiger partial charge in [-0.1, -0.05) is 11.6 Å². The molecular weight excluding hydrogens is 446 g/mol. The van der Waals surface area contributed by atoms with Crippen LogP contribution >= 0.6 is 36.2 Å². The maximum atomic E-state index is 13.3. The molecule has 0 saturated heterocycles. The highest BCUT2D eigenvalue weighted by Gasteiger charge is 2.22. The third kappa shape index (κ3) is 6.82. The van der Waals surface area contributed by atoms with Gasteiger partial charge in [-0.2, -0.15) is 0 Å². The van der Waals surface area contributed by atoms with Gasteiger partial charge >= 0.3 is 0 Å². The Morgan fingerprint density at radius 1 is 1.13 bits per heavy atom. The summed E-state index contributed by atoms with van der Waals surface area (Å²) in [6.07, 6.45) is 4.02. The molecule has 0 bridgehead atoms. The number of nitrogens with one attached hydrogen (secondary N) is 3. The van der Waals surface area contributed by atoms with E-state index in [1.807, 2.05) is 32.0 Å². The number of aryl methyl sites for hydroxylation is 1. The molecule has 1 aliphatic carbocycles. The average molecular weight is 473 g/mol. The molecule has 0 unspecified atom stereocenters. The van der Waals surface area contributed by atoms with Crippen molar-refractivity contribution >= 4 is 58.7 Å². The minimum Gasteiger partial charge on any atom is -0.367 e. The molecule has 1 fully saturated rings. The van der Waals surface area contributed by atoms with Crippen molar-refractivity contribution in [3.8, 4) is 0 Å². The molecule has 1 saturated carbocycles. The predicted octanol–water partition coefficient (Wildman–Crippen LogP) is 4.78. The first-order valence-corrected chi connectivity index (χ1v) is 10.4. The lowest BCUT2D eigenvalue weighted by atomic mass is 9.91. The topological polar surface area (TPSA) is 65.1 Å². The molecule has 164 valence electrons. The number of hydrogen-bond acceptors (Lipinski definition) is 5. The van der Waals surface area contributed by atoms with Gasteiger partial charge in [-0.05, 0) is 63.0 Å². The van der Waals surface area contributed by atoms with Crippen LogP contribution in [0.15, 0.2) is 24.3 Å². The molecule has 0 aliphatic heterocycles. The standard InChI is InChI=1S/C20H26ClFN6S.ClH/c1-12-23-18(11-19(24-12)28(2)3)25-13-4-6-14(7-5-13)26-20(29)27-15-8-9-17(22)16(21)10-15;/h8-11,13-14H,4-7H2,1-3H3,(H,23,24,25)(H2,26,27,29);1H. The third-order valence-corrected chi connectivity index (χ3v) is 5.38. The Kier molecular flexibility index (Phi) is 8.88. The lowest BCUT2D eigenvalue weighted by molar-refractivity contribution is 0.388. The van der Waals surface area contributed by atoms with Crippen molar-refractivity contribution in [2.24, 2.45) is 0 Å². The Bertz CT molecular complexity index is 874. The van der Waals surface area contributed by atoms with Gasteiger partial charge in [0.15, 0.2) is 5.11 Å². The molecular formula is C20H27Cl2FN6S. The minimum atomic E-state index is -0.446. The van der Waals surface area contributed by atoms with Crippen molar-refractivity contribution in [2.45, 2.75) is 44.7 Å². The first-order valence-electron chi connectivity index (χ1n) is 9.62. The second-order valence-electron chi connectivity index (χ2n) is 7.47. The summed E-state index contributed by atoms with van der Waals surface area (Å²) in [4.78, 5) is 10.9. The fourth-order valence-corrected chi connectivity index (χ4v) is 3.84. The van der Waals surface area contributed by atoms with Gasteiger partial charge in [0.1, 0.15) is 23.3 Å². The van der Waals surface area contributed by atoms with E-state index in [1.54, 1.807) is 6.07 Å². The normalized spacial score (nSPS) is 18.2. The number of halogens is 3. The molecule has 3 N–H and O–H groups in total. The Labute approximate surface area is 193 Å². The smallest absolute Gasteiger partial charge is 0.170 e. The molecule has 0 spiro atoms. The molecule has 2 aromatic rings. The van der Waals surface area contributed by atoms with Crippen molar-refractivity contribution in [1.82, 2.24) is 15.3 Å². The summed E-state index contributed by atoms with van der Waals surface area (Å²) < 4.78 is 13.3. The second-order valence-corrected chi connectivity index (χ2v) is 8.29. The highest BCUT2D eigenvalue weighted by Crippen LogP contribution is 2.24. The summed E-state index contributed by atoms with van der Waals surface area (Å²) in [5.41, 5.74) is 0.667. The van der Waals surface area contributed by atoms with Crippen LogP contribution in [0.1, 0.15) is 31.5 Å². The lowest BCUT2D eigenvalue weighted by Crippen LogP contribution is -2.42. The van der Waals surface area contributed by atoms with Crippen LogP contribution < -0.4 is 20.9 Å². The maximum absolute atomic E-state index is 13.3. The van der Waals surface area contributed by atoms with Crippen LogP contribution in [0.5, 0.6) is 0 Å². The molecule has 1 aromatic heterocycles. The van der Waals surface area contributed by atoms with Crippen molar-refractivity contribution in [3.63, 3.8) is 0 Å². The van der Waals surface area contributed by atoms with Gasteiger partial charge in [-0.15, -0.1) is 12.4 Å². The number of aromatic nitrogens is 2.